The van der Waals surface area contributed by atoms with Gasteiger partial charge < -0.3 is 15.0 Å². The first-order valence-corrected chi connectivity index (χ1v) is 5.71. The molecular formula is C11H17FN4O. The lowest BCUT2D eigenvalue weighted by Gasteiger charge is -2.36. The van der Waals surface area contributed by atoms with Crippen LogP contribution in [-0.4, -0.2) is 42.3 Å². The van der Waals surface area contributed by atoms with E-state index in [0.29, 0.717) is 24.9 Å². The minimum Gasteiger partial charge on any atom is -0.372 e. The molecule has 0 aromatic carbocycles. The molecule has 2 heterocycles. The van der Waals surface area contributed by atoms with Gasteiger partial charge in [-0.1, -0.05) is 0 Å². The maximum atomic E-state index is 13.7. The molecule has 1 fully saturated rings. The van der Waals surface area contributed by atoms with Crippen LogP contribution in [0.15, 0.2) is 6.20 Å². The van der Waals surface area contributed by atoms with E-state index in [1.807, 2.05) is 18.7 Å². The lowest BCUT2D eigenvalue weighted by atomic mass is 10.2. The molecule has 2 atom stereocenters. The molecule has 0 spiro atoms. The smallest absolute Gasteiger partial charge is 0.224 e. The number of hydrogen-bond donors (Lipinski definition) is 1. The number of ether oxygens (including phenoxy) is 1. The summed E-state index contributed by atoms with van der Waals surface area (Å²) in [6, 6.07) is 0. The Bertz CT molecular complexity index is 391. The number of morpholine rings is 1. The van der Waals surface area contributed by atoms with Gasteiger partial charge in [0.05, 0.1) is 18.4 Å². The van der Waals surface area contributed by atoms with Gasteiger partial charge in [-0.2, -0.15) is 4.98 Å². The summed E-state index contributed by atoms with van der Waals surface area (Å²) in [5, 5.41) is 2.81. The maximum absolute atomic E-state index is 13.7. The SMILES string of the molecule is CNc1ncc(F)c(N2CC(C)OC(C)C2)n1. The predicted molar refractivity (Wildman–Crippen MR) is 63.8 cm³/mol. The van der Waals surface area contributed by atoms with Crippen molar-refractivity contribution in [3.8, 4) is 0 Å². The molecule has 0 amide bonds. The van der Waals surface area contributed by atoms with Gasteiger partial charge in [0.2, 0.25) is 5.95 Å². The first-order valence-electron chi connectivity index (χ1n) is 5.71. The minimum absolute atomic E-state index is 0.0751. The van der Waals surface area contributed by atoms with Crippen LogP contribution in [-0.2, 0) is 4.74 Å². The van der Waals surface area contributed by atoms with Crippen molar-refractivity contribution in [2.24, 2.45) is 0 Å². The van der Waals surface area contributed by atoms with Crippen LogP contribution in [0.5, 0.6) is 0 Å². The van der Waals surface area contributed by atoms with Gasteiger partial charge in [0.25, 0.3) is 0 Å². The highest BCUT2D eigenvalue weighted by Crippen LogP contribution is 2.21. The topological polar surface area (TPSA) is 50.3 Å². The zero-order valence-electron chi connectivity index (χ0n) is 10.3. The van der Waals surface area contributed by atoms with Gasteiger partial charge in [0.15, 0.2) is 11.6 Å². The number of nitrogens with one attached hydrogen (secondary N) is 1. The standard InChI is InChI=1S/C11H17FN4O/c1-7-5-16(6-8(2)17-7)10-9(12)4-14-11(13-3)15-10/h4,7-8H,5-6H2,1-3H3,(H,13,14,15). The monoisotopic (exact) mass is 240 g/mol. The molecule has 1 aliphatic rings. The molecule has 17 heavy (non-hydrogen) atoms. The fraction of sp³-hybridized carbons (Fsp3) is 0.636. The van der Waals surface area contributed by atoms with Gasteiger partial charge in [-0.3, -0.25) is 0 Å². The summed E-state index contributed by atoms with van der Waals surface area (Å²) in [5.41, 5.74) is 0. The Morgan fingerprint density at radius 1 is 1.41 bits per heavy atom. The van der Waals surface area contributed by atoms with Crippen LogP contribution < -0.4 is 10.2 Å². The quantitative estimate of drug-likeness (QED) is 0.843. The van der Waals surface area contributed by atoms with Crippen molar-refractivity contribution in [3.63, 3.8) is 0 Å². The van der Waals surface area contributed by atoms with Gasteiger partial charge >= 0.3 is 0 Å². The lowest BCUT2D eigenvalue weighted by Crippen LogP contribution is -2.46. The molecule has 1 saturated heterocycles. The molecule has 0 aliphatic carbocycles. The van der Waals surface area contributed by atoms with Crippen molar-refractivity contribution in [1.82, 2.24) is 9.97 Å². The molecule has 2 unspecified atom stereocenters. The van der Waals surface area contributed by atoms with Gasteiger partial charge in [-0.15, -0.1) is 0 Å². The average molecular weight is 240 g/mol. The van der Waals surface area contributed by atoms with Crippen molar-refractivity contribution in [1.29, 1.82) is 0 Å². The summed E-state index contributed by atoms with van der Waals surface area (Å²) >= 11 is 0. The molecule has 1 aromatic heterocycles. The number of aromatic nitrogens is 2. The number of anilines is 2. The lowest BCUT2D eigenvalue weighted by molar-refractivity contribution is -0.00565. The van der Waals surface area contributed by atoms with Gasteiger partial charge in [0, 0.05) is 20.1 Å². The van der Waals surface area contributed by atoms with Crippen molar-refractivity contribution < 1.29 is 9.13 Å². The molecule has 0 bridgehead atoms. The van der Waals surface area contributed by atoms with Gasteiger partial charge in [0.1, 0.15) is 0 Å². The second kappa shape index (κ2) is 4.83. The highest BCUT2D eigenvalue weighted by atomic mass is 19.1. The third kappa shape index (κ3) is 2.63. The second-order valence-corrected chi connectivity index (χ2v) is 4.28. The molecule has 5 nitrogen and oxygen atoms in total. The molecule has 6 heteroatoms. The van der Waals surface area contributed by atoms with Crippen LogP contribution in [0.3, 0.4) is 0 Å². The van der Waals surface area contributed by atoms with E-state index < -0.39 is 5.82 Å². The van der Waals surface area contributed by atoms with Crippen molar-refractivity contribution >= 4 is 11.8 Å². The Hall–Kier alpha value is -1.43. The molecule has 0 saturated carbocycles. The molecule has 1 aliphatic heterocycles. The first-order chi connectivity index (χ1) is 8.10. The van der Waals surface area contributed by atoms with Crippen LogP contribution >= 0.6 is 0 Å². The summed E-state index contributed by atoms with van der Waals surface area (Å²) in [4.78, 5) is 9.89. The van der Waals surface area contributed by atoms with E-state index in [1.54, 1.807) is 7.05 Å². The zero-order chi connectivity index (χ0) is 12.4. The average Bonchev–Trinajstić information content (AvgIpc) is 2.28. The zero-order valence-corrected chi connectivity index (χ0v) is 10.3. The molecule has 1 N–H and O–H groups in total. The van der Waals surface area contributed by atoms with Crippen LogP contribution in [0.4, 0.5) is 16.2 Å². The third-order valence-electron chi connectivity index (χ3n) is 2.67. The van der Waals surface area contributed by atoms with E-state index in [2.05, 4.69) is 15.3 Å². The Labute approximate surface area is 100 Å². The fourth-order valence-electron chi connectivity index (χ4n) is 2.05. The molecule has 2 rings (SSSR count). The highest BCUT2D eigenvalue weighted by Gasteiger charge is 2.25. The van der Waals surface area contributed by atoms with Gasteiger partial charge in [-0.05, 0) is 13.8 Å². The highest BCUT2D eigenvalue weighted by molar-refractivity contribution is 5.44. The van der Waals surface area contributed by atoms with Crippen molar-refractivity contribution in [2.45, 2.75) is 26.1 Å². The van der Waals surface area contributed by atoms with Crippen molar-refractivity contribution in [2.75, 3.05) is 30.4 Å². The maximum Gasteiger partial charge on any atom is 0.224 e. The minimum atomic E-state index is -0.398. The Kier molecular flexibility index (Phi) is 3.42. The van der Waals surface area contributed by atoms with Crippen LogP contribution in [0.2, 0.25) is 0 Å². The van der Waals surface area contributed by atoms with Crippen molar-refractivity contribution in [3.05, 3.63) is 12.0 Å². The van der Waals surface area contributed by atoms with E-state index in [1.165, 1.54) is 6.20 Å². The Morgan fingerprint density at radius 3 is 2.65 bits per heavy atom. The van der Waals surface area contributed by atoms with E-state index in [-0.39, 0.29) is 12.2 Å². The van der Waals surface area contributed by atoms with Gasteiger partial charge in [-0.25, -0.2) is 9.37 Å². The molecule has 1 aromatic rings. The largest absolute Gasteiger partial charge is 0.372 e. The fourth-order valence-corrected chi connectivity index (χ4v) is 2.05. The van der Waals surface area contributed by atoms with Crippen LogP contribution in [0.1, 0.15) is 13.8 Å². The van der Waals surface area contributed by atoms with E-state index in [4.69, 9.17) is 4.74 Å². The number of halogens is 1. The summed E-state index contributed by atoms with van der Waals surface area (Å²) < 4.78 is 19.3. The predicted octanol–water partition coefficient (Wildman–Crippen LogP) is 1.27. The summed E-state index contributed by atoms with van der Waals surface area (Å²) in [6.07, 6.45) is 1.34. The normalized spacial score (nSPS) is 24.8. The molecule has 94 valence electrons. The van der Waals surface area contributed by atoms with Crippen LogP contribution in [0.25, 0.3) is 0 Å². The number of rotatable bonds is 2. The van der Waals surface area contributed by atoms with E-state index >= 15 is 0 Å². The second-order valence-electron chi connectivity index (χ2n) is 4.28. The summed E-state index contributed by atoms with van der Waals surface area (Å²) in [7, 11) is 1.71. The van der Waals surface area contributed by atoms with E-state index in [9.17, 15) is 4.39 Å². The Morgan fingerprint density at radius 2 is 2.06 bits per heavy atom. The van der Waals surface area contributed by atoms with Crippen LogP contribution in [0, 0.1) is 5.82 Å². The summed E-state index contributed by atoms with van der Waals surface area (Å²) in [5.74, 6) is 0.366. The number of hydrogen-bond acceptors (Lipinski definition) is 5. The molecule has 0 radical (unpaired) electrons. The summed E-state index contributed by atoms with van der Waals surface area (Å²) in [6.45, 7) is 5.23. The van der Waals surface area contributed by atoms with E-state index in [0.717, 1.165) is 0 Å². The first kappa shape index (κ1) is 12.0. The Balaban J connectivity index is 2.26. The molecular weight excluding hydrogens is 223 g/mol. The number of nitrogens with zero attached hydrogens (tertiary/aromatic N) is 3. The third-order valence-corrected chi connectivity index (χ3v) is 2.67.